The van der Waals surface area contributed by atoms with Gasteiger partial charge in [-0.2, -0.15) is 5.26 Å². The monoisotopic (exact) mass is 561 g/mol. The second-order valence-electron chi connectivity index (χ2n) is 8.15. The van der Waals surface area contributed by atoms with Crippen LogP contribution in [-0.2, 0) is 16.0 Å². The minimum absolute atomic E-state index is 0.110. The minimum atomic E-state index is -0.558. The van der Waals surface area contributed by atoms with E-state index in [1.165, 1.54) is 16.7 Å². The summed E-state index contributed by atoms with van der Waals surface area (Å²) in [6.07, 6.45) is 0.464. The van der Waals surface area contributed by atoms with E-state index in [4.69, 9.17) is 4.74 Å². The number of carbonyl (C=O) groups excluding carboxylic acids is 2. The van der Waals surface area contributed by atoms with Gasteiger partial charge in [-0.25, -0.2) is 0 Å². The van der Waals surface area contributed by atoms with Gasteiger partial charge in [0.25, 0.3) is 5.91 Å². The van der Waals surface area contributed by atoms with E-state index >= 15 is 0 Å². The van der Waals surface area contributed by atoms with E-state index in [-0.39, 0.29) is 11.5 Å². The first-order chi connectivity index (χ1) is 17.4. The third kappa shape index (κ3) is 5.81. The Labute approximate surface area is 223 Å². The Hall–Kier alpha value is -3.54. The van der Waals surface area contributed by atoms with Gasteiger partial charge in [0, 0.05) is 15.8 Å². The second-order valence-corrected chi connectivity index (χ2v) is 10.3. The topological polar surface area (TPSA) is 82.4 Å². The van der Waals surface area contributed by atoms with Gasteiger partial charge in [0.15, 0.2) is 0 Å². The molecule has 3 aromatic rings. The molecular formula is C28H24BrN3O3S. The first kappa shape index (κ1) is 25.5. The summed E-state index contributed by atoms with van der Waals surface area (Å²) in [6.45, 7) is 4.37. The van der Waals surface area contributed by atoms with Crippen molar-refractivity contribution in [2.75, 3.05) is 16.8 Å². The van der Waals surface area contributed by atoms with Crippen molar-refractivity contribution in [3.8, 4) is 11.8 Å². The summed E-state index contributed by atoms with van der Waals surface area (Å²) in [4.78, 5) is 28.3. The van der Waals surface area contributed by atoms with E-state index < -0.39 is 11.2 Å². The first-order valence-electron chi connectivity index (χ1n) is 11.4. The molecule has 3 aromatic carbocycles. The smallest absolute Gasteiger partial charge is 0.269 e. The van der Waals surface area contributed by atoms with E-state index in [9.17, 15) is 14.9 Å². The van der Waals surface area contributed by atoms with E-state index in [1.54, 1.807) is 36.4 Å². The number of hydrogen-bond acceptors (Lipinski definition) is 5. The lowest BCUT2D eigenvalue weighted by molar-refractivity contribution is -0.117. The molecule has 2 amide bonds. The molecule has 8 heteroatoms. The third-order valence-electron chi connectivity index (χ3n) is 5.56. The molecule has 0 saturated carbocycles. The van der Waals surface area contributed by atoms with E-state index in [2.05, 4.69) is 21.2 Å². The number of nitrogens with one attached hydrogen (secondary N) is 1. The highest BCUT2D eigenvalue weighted by Gasteiger charge is 2.40. The zero-order valence-electron chi connectivity index (χ0n) is 19.8. The van der Waals surface area contributed by atoms with Crippen molar-refractivity contribution < 1.29 is 14.3 Å². The van der Waals surface area contributed by atoms with Gasteiger partial charge in [-0.1, -0.05) is 57.5 Å². The van der Waals surface area contributed by atoms with Crippen molar-refractivity contribution in [2.45, 2.75) is 25.5 Å². The molecule has 0 radical (unpaired) electrons. The first-order valence-corrected chi connectivity index (χ1v) is 13.1. The lowest BCUT2D eigenvalue weighted by atomic mass is 10.1. The average molecular weight is 562 g/mol. The maximum atomic E-state index is 13.6. The number of aryl methyl sites for hydroxylation is 1. The van der Waals surface area contributed by atoms with Crippen LogP contribution >= 0.6 is 27.7 Å². The van der Waals surface area contributed by atoms with Crippen molar-refractivity contribution in [2.24, 2.45) is 0 Å². The van der Waals surface area contributed by atoms with Crippen LogP contribution in [0.15, 0.2) is 87.9 Å². The summed E-state index contributed by atoms with van der Waals surface area (Å²) in [5.41, 5.74) is 3.08. The molecule has 0 spiro atoms. The molecular weight excluding hydrogens is 538 g/mol. The Bertz CT molecular complexity index is 1330. The number of benzene rings is 3. The van der Waals surface area contributed by atoms with Gasteiger partial charge in [-0.3, -0.25) is 14.5 Å². The lowest BCUT2D eigenvalue weighted by Gasteiger charge is -2.19. The molecule has 1 aliphatic rings. The Morgan fingerprint density at radius 3 is 2.36 bits per heavy atom. The van der Waals surface area contributed by atoms with Crippen LogP contribution in [0, 0.1) is 18.3 Å². The number of hydrogen-bond donors (Lipinski definition) is 1. The van der Waals surface area contributed by atoms with Crippen LogP contribution in [0.25, 0.3) is 0 Å². The average Bonchev–Trinajstić information content (AvgIpc) is 3.18. The van der Waals surface area contributed by atoms with Crippen molar-refractivity contribution >= 4 is 50.9 Å². The SMILES string of the molecule is CCOc1ccc(N2C(=O)C(Cc3ccc(Br)cc3)S/C2=C(/C#N)C(=O)Nc2ccc(C)cc2)cc1. The quantitative estimate of drug-likeness (QED) is 0.273. The van der Waals surface area contributed by atoms with Gasteiger partial charge in [0.2, 0.25) is 5.91 Å². The van der Waals surface area contributed by atoms with Crippen molar-refractivity contribution in [3.05, 3.63) is 99.0 Å². The van der Waals surface area contributed by atoms with Gasteiger partial charge in [0.1, 0.15) is 22.4 Å². The molecule has 1 fully saturated rings. The van der Waals surface area contributed by atoms with Crippen molar-refractivity contribution in [3.63, 3.8) is 0 Å². The number of anilines is 2. The zero-order chi connectivity index (χ0) is 25.7. The highest BCUT2D eigenvalue weighted by Crippen LogP contribution is 2.42. The molecule has 6 nitrogen and oxygen atoms in total. The number of nitriles is 1. The summed E-state index contributed by atoms with van der Waals surface area (Å²) in [5, 5.41) is 12.6. The van der Waals surface area contributed by atoms with Gasteiger partial charge >= 0.3 is 0 Å². The second kappa shape index (κ2) is 11.5. The van der Waals surface area contributed by atoms with Gasteiger partial charge < -0.3 is 10.1 Å². The van der Waals surface area contributed by atoms with Crippen molar-refractivity contribution in [1.82, 2.24) is 0 Å². The number of thioether (sulfide) groups is 1. The van der Waals surface area contributed by atoms with E-state index in [0.29, 0.717) is 35.2 Å². The van der Waals surface area contributed by atoms with E-state index in [0.717, 1.165) is 15.6 Å². The van der Waals surface area contributed by atoms with Crippen LogP contribution in [0.4, 0.5) is 11.4 Å². The van der Waals surface area contributed by atoms with Crippen LogP contribution in [0.3, 0.4) is 0 Å². The Morgan fingerprint density at radius 1 is 1.08 bits per heavy atom. The molecule has 1 N–H and O–H groups in total. The number of rotatable bonds is 7. The van der Waals surface area contributed by atoms with Crippen LogP contribution in [0.2, 0.25) is 0 Å². The van der Waals surface area contributed by atoms with Gasteiger partial charge in [0.05, 0.1) is 11.9 Å². The van der Waals surface area contributed by atoms with Gasteiger partial charge in [-0.05, 0) is 74.4 Å². The predicted octanol–water partition coefficient (Wildman–Crippen LogP) is 6.22. The van der Waals surface area contributed by atoms with Crippen LogP contribution < -0.4 is 15.0 Å². The maximum absolute atomic E-state index is 13.6. The van der Waals surface area contributed by atoms with Crippen LogP contribution in [0.5, 0.6) is 5.75 Å². The maximum Gasteiger partial charge on any atom is 0.269 e. The fraction of sp³-hybridized carbons (Fsp3) is 0.179. The summed E-state index contributed by atoms with van der Waals surface area (Å²) < 4.78 is 6.48. The molecule has 0 bridgehead atoms. The van der Waals surface area contributed by atoms with E-state index in [1.807, 2.05) is 56.3 Å². The third-order valence-corrected chi connectivity index (χ3v) is 7.35. The molecule has 1 heterocycles. The molecule has 182 valence electrons. The summed E-state index contributed by atoms with van der Waals surface area (Å²) in [7, 11) is 0. The largest absolute Gasteiger partial charge is 0.494 e. The molecule has 1 saturated heterocycles. The number of nitrogens with zero attached hydrogens (tertiary/aromatic N) is 2. The van der Waals surface area contributed by atoms with Crippen LogP contribution in [-0.4, -0.2) is 23.7 Å². The zero-order valence-corrected chi connectivity index (χ0v) is 22.2. The van der Waals surface area contributed by atoms with Crippen LogP contribution in [0.1, 0.15) is 18.1 Å². The fourth-order valence-corrected chi connectivity index (χ4v) is 5.32. The standard InChI is InChI=1S/C28H24BrN3O3S/c1-3-35-23-14-12-22(13-15-23)32-27(34)25(16-19-6-8-20(29)9-7-19)36-28(32)24(17-30)26(33)31-21-10-4-18(2)5-11-21/h4-15,25H,3,16H2,1-2H3,(H,31,33)/b28-24-. The lowest BCUT2D eigenvalue weighted by Crippen LogP contribution is -2.30. The summed E-state index contributed by atoms with van der Waals surface area (Å²) in [6, 6.07) is 24.2. The normalized spacial score (nSPS) is 16.4. The number of ether oxygens (including phenoxy) is 1. The molecule has 0 aromatic heterocycles. The molecule has 1 aliphatic heterocycles. The summed E-state index contributed by atoms with van der Waals surface area (Å²) >= 11 is 4.67. The molecule has 1 atom stereocenters. The predicted molar refractivity (Wildman–Crippen MR) is 147 cm³/mol. The molecule has 4 rings (SSSR count). The minimum Gasteiger partial charge on any atom is -0.494 e. The number of carbonyl (C=O) groups is 2. The van der Waals surface area contributed by atoms with Gasteiger partial charge in [-0.15, -0.1) is 0 Å². The molecule has 0 aliphatic carbocycles. The number of amides is 2. The Morgan fingerprint density at radius 2 is 1.75 bits per heavy atom. The molecule has 1 unspecified atom stereocenters. The highest BCUT2D eigenvalue weighted by atomic mass is 79.9. The highest BCUT2D eigenvalue weighted by molar-refractivity contribution is 9.10. The Balaban J connectivity index is 1.70. The number of halogens is 1. The fourth-order valence-electron chi connectivity index (χ4n) is 3.75. The molecule has 36 heavy (non-hydrogen) atoms. The van der Waals surface area contributed by atoms with Crippen molar-refractivity contribution in [1.29, 1.82) is 5.26 Å². The Kier molecular flexibility index (Phi) is 8.14. The summed E-state index contributed by atoms with van der Waals surface area (Å²) in [5.74, 6) is -0.0649.